The normalized spacial score (nSPS) is 13.8. The van der Waals surface area contributed by atoms with Gasteiger partial charge in [-0.2, -0.15) is 10.2 Å². The third-order valence-electron chi connectivity index (χ3n) is 5.54. The summed E-state index contributed by atoms with van der Waals surface area (Å²) in [4.78, 5) is 31.3. The van der Waals surface area contributed by atoms with Crippen LogP contribution in [0.25, 0.3) is 22.7 Å². The molecule has 10 nitrogen and oxygen atoms in total. The van der Waals surface area contributed by atoms with Gasteiger partial charge >= 0.3 is 0 Å². The zero-order valence-corrected chi connectivity index (χ0v) is 18.2. The Morgan fingerprint density at radius 3 is 2.76 bits per heavy atom. The molecule has 0 unspecified atom stereocenters. The number of anilines is 1. The van der Waals surface area contributed by atoms with E-state index in [2.05, 4.69) is 20.5 Å². The van der Waals surface area contributed by atoms with E-state index in [0.29, 0.717) is 35.9 Å². The zero-order chi connectivity index (χ0) is 22.9. The quantitative estimate of drug-likeness (QED) is 0.470. The summed E-state index contributed by atoms with van der Waals surface area (Å²) in [6.45, 7) is 4.95. The lowest BCUT2D eigenvalue weighted by atomic mass is 10.1. The van der Waals surface area contributed by atoms with Crippen molar-refractivity contribution in [3.8, 4) is 22.7 Å². The van der Waals surface area contributed by atoms with Crippen LogP contribution in [0.15, 0.2) is 59.5 Å². The topological polar surface area (TPSA) is 122 Å². The number of carbonyl (C=O) groups is 2. The van der Waals surface area contributed by atoms with Gasteiger partial charge in [-0.1, -0.05) is 19.9 Å². The molecular formula is C23H23N7O3. The molecule has 0 atom stereocenters. The molecule has 0 bridgehead atoms. The first kappa shape index (κ1) is 20.7. The molecule has 4 aromatic heterocycles. The molecule has 0 radical (unpaired) electrons. The number of likely N-dealkylation sites (tertiary alicyclic amines) is 1. The number of hydrogen-bond acceptors (Lipinski definition) is 6. The van der Waals surface area contributed by atoms with E-state index in [9.17, 15) is 9.59 Å². The molecule has 1 aliphatic rings. The largest absolute Gasteiger partial charge is 0.451 e. The fourth-order valence-corrected chi connectivity index (χ4v) is 3.71. The highest BCUT2D eigenvalue weighted by atomic mass is 16.4. The van der Waals surface area contributed by atoms with E-state index in [1.807, 2.05) is 36.9 Å². The minimum absolute atomic E-state index is 0.0390. The lowest BCUT2D eigenvalue weighted by molar-refractivity contribution is -0.140. The van der Waals surface area contributed by atoms with Crippen molar-refractivity contribution in [2.45, 2.75) is 19.9 Å². The van der Waals surface area contributed by atoms with E-state index < -0.39 is 5.91 Å². The number of rotatable bonds is 6. The van der Waals surface area contributed by atoms with E-state index in [4.69, 9.17) is 9.52 Å². The van der Waals surface area contributed by atoms with Gasteiger partial charge in [-0.3, -0.25) is 24.4 Å². The fourth-order valence-electron chi connectivity index (χ4n) is 3.71. The SMILES string of the molecule is CC(C)C(=O)N1CC(n2cc(NC(=O)c3ccc(-c4cn[nH]c4)o3)c(-c3ccccn3)n2)C1. The van der Waals surface area contributed by atoms with Gasteiger partial charge in [0.25, 0.3) is 5.91 Å². The molecule has 168 valence electrons. The van der Waals surface area contributed by atoms with Crippen LogP contribution in [0.4, 0.5) is 5.69 Å². The number of aromatic nitrogens is 5. The molecule has 1 fully saturated rings. The van der Waals surface area contributed by atoms with Crippen molar-refractivity contribution in [1.29, 1.82) is 0 Å². The van der Waals surface area contributed by atoms with Gasteiger partial charge in [0, 0.05) is 37.6 Å². The molecule has 0 aliphatic carbocycles. The minimum Gasteiger partial charge on any atom is -0.451 e. The molecule has 2 N–H and O–H groups in total. The Balaban J connectivity index is 1.38. The fraction of sp³-hybridized carbons (Fsp3) is 0.261. The summed E-state index contributed by atoms with van der Waals surface area (Å²) in [6, 6.07) is 8.89. The summed E-state index contributed by atoms with van der Waals surface area (Å²) >= 11 is 0. The Kier molecular flexibility index (Phi) is 5.25. The Morgan fingerprint density at radius 2 is 2.06 bits per heavy atom. The van der Waals surface area contributed by atoms with Gasteiger partial charge < -0.3 is 14.6 Å². The Hall–Kier alpha value is -4.21. The second-order valence-electron chi connectivity index (χ2n) is 8.24. The van der Waals surface area contributed by atoms with E-state index in [1.165, 1.54) is 0 Å². The molecule has 5 heterocycles. The van der Waals surface area contributed by atoms with Crippen LogP contribution in [-0.2, 0) is 4.79 Å². The summed E-state index contributed by atoms with van der Waals surface area (Å²) in [6.07, 6.45) is 6.77. The van der Waals surface area contributed by atoms with Gasteiger partial charge in [-0.15, -0.1) is 0 Å². The van der Waals surface area contributed by atoms with Crippen LogP contribution >= 0.6 is 0 Å². The first-order valence-electron chi connectivity index (χ1n) is 10.7. The summed E-state index contributed by atoms with van der Waals surface area (Å²) in [5.41, 5.74) is 2.47. The van der Waals surface area contributed by atoms with Crippen molar-refractivity contribution < 1.29 is 14.0 Å². The molecule has 33 heavy (non-hydrogen) atoms. The second-order valence-corrected chi connectivity index (χ2v) is 8.24. The molecule has 1 saturated heterocycles. The van der Waals surface area contributed by atoms with Crippen LogP contribution in [-0.4, -0.2) is 54.8 Å². The maximum Gasteiger partial charge on any atom is 0.291 e. The van der Waals surface area contributed by atoms with Crippen molar-refractivity contribution in [3.05, 3.63) is 60.9 Å². The van der Waals surface area contributed by atoms with Gasteiger partial charge in [-0.25, -0.2) is 0 Å². The molecule has 0 aromatic carbocycles. The van der Waals surface area contributed by atoms with E-state index in [-0.39, 0.29) is 23.6 Å². The van der Waals surface area contributed by atoms with Gasteiger partial charge in [0.05, 0.1) is 29.2 Å². The Labute approximate surface area is 189 Å². The average molecular weight is 445 g/mol. The van der Waals surface area contributed by atoms with Crippen LogP contribution in [0.1, 0.15) is 30.4 Å². The first-order chi connectivity index (χ1) is 16.0. The maximum absolute atomic E-state index is 12.9. The number of pyridine rings is 1. The van der Waals surface area contributed by atoms with Crippen LogP contribution < -0.4 is 5.32 Å². The van der Waals surface area contributed by atoms with Gasteiger partial charge in [0.15, 0.2) is 5.76 Å². The highest BCUT2D eigenvalue weighted by Gasteiger charge is 2.34. The van der Waals surface area contributed by atoms with Crippen LogP contribution in [0.5, 0.6) is 0 Å². The number of furan rings is 1. The molecule has 1 aliphatic heterocycles. The number of H-pyrrole nitrogens is 1. The highest BCUT2D eigenvalue weighted by Crippen LogP contribution is 2.30. The summed E-state index contributed by atoms with van der Waals surface area (Å²) in [5, 5.41) is 14.2. The predicted octanol–water partition coefficient (Wildman–Crippen LogP) is 3.22. The first-order valence-corrected chi connectivity index (χ1v) is 10.7. The molecule has 2 amide bonds. The standard InChI is InChI=1S/C23H23N7O3/c1-14(2)23(32)29-11-16(12-29)30-13-18(21(28-30)17-5-3-4-8-24-17)27-22(31)20-7-6-19(33-20)15-9-25-26-10-15/h3-10,13-14,16H,11-12H2,1-2H3,(H,25,26)(H,27,31). The van der Waals surface area contributed by atoms with E-state index in [0.717, 1.165) is 5.56 Å². The number of hydrogen-bond donors (Lipinski definition) is 2. The second kappa shape index (κ2) is 8.38. The average Bonchev–Trinajstić information content (AvgIpc) is 3.54. The van der Waals surface area contributed by atoms with Gasteiger partial charge in [-0.05, 0) is 24.3 Å². The number of amides is 2. The van der Waals surface area contributed by atoms with Crippen molar-refractivity contribution in [3.63, 3.8) is 0 Å². The Bertz CT molecular complexity index is 1270. The minimum atomic E-state index is -0.397. The van der Waals surface area contributed by atoms with Crippen molar-refractivity contribution in [2.24, 2.45) is 5.92 Å². The summed E-state index contributed by atoms with van der Waals surface area (Å²) < 4.78 is 7.49. The van der Waals surface area contributed by atoms with Crippen molar-refractivity contribution in [1.82, 2.24) is 29.9 Å². The van der Waals surface area contributed by atoms with Crippen LogP contribution in [0, 0.1) is 5.92 Å². The van der Waals surface area contributed by atoms with Crippen LogP contribution in [0.3, 0.4) is 0 Å². The monoisotopic (exact) mass is 445 g/mol. The number of aromatic amines is 1. The van der Waals surface area contributed by atoms with Gasteiger partial charge in [0.1, 0.15) is 11.5 Å². The number of nitrogens with one attached hydrogen (secondary N) is 2. The molecule has 0 spiro atoms. The molecule has 0 saturated carbocycles. The highest BCUT2D eigenvalue weighted by molar-refractivity contribution is 6.04. The third-order valence-corrected chi connectivity index (χ3v) is 5.54. The number of carbonyl (C=O) groups excluding carboxylic acids is 2. The summed E-state index contributed by atoms with van der Waals surface area (Å²) in [5.74, 6) is 0.403. The van der Waals surface area contributed by atoms with Crippen molar-refractivity contribution in [2.75, 3.05) is 18.4 Å². The van der Waals surface area contributed by atoms with E-state index in [1.54, 1.807) is 41.6 Å². The zero-order valence-electron chi connectivity index (χ0n) is 18.2. The molecule has 10 heteroatoms. The maximum atomic E-state index is 12.9. The van der Waals surface area contributed by atoms with E-state index >= 15 is 0 Å². The summed E-state index contributed by atoms with van der Waals surface area (Å²) in [7, 11) is 0. The lowest BCUT2D eigenvalue weighted by Gasteiger charge is -2.40. The Morgan fingerprint density at radius 1 is 1.21 bits per heavy atom. The van der Waals surface area contributed by atoms with Crippen LogP contribution in [0.2, 0.25) is 0 Å². The third kappa shape index (κ3) is 4.02. The molecule has 5 rings (SSSR count). The lowest BCUT2D eigenvalue weighted by Crippen LogP contribution is -2.52. The number of nitrogens with zero attached hydrogens (tertiary/aromatic N) is 5. The molecular weight excluding hydrogens is 422 g/mol. The van der Waals surface area contributed by atoms with Crippen molar-refractivity contribution >= 4 is 17.5 Å². The molecule has 4 aromatic rings. The van der Waals surface area contributed by atoms with Gasteiger partial charge in [0.2, 0.25) is 5.91 Å². The smallest absolute Gasteiger partial charge is 0.291 e. The predicted molar refractivity (Wildman–Crippen MR) is 120 cm³/mol.